The van der Waals surface area contributed by atoms with Gasteiger partial charge in [0.15, 0.2) is 5.96 Å². The second kappa shape index (κ2) is 4.86. The Morgan fingerprint density at radius 3 is 2.18 bits per heavy atom. The van der Waals surface area contributed by atoms with E-state index >= 15 is 0 Å². The third-order valence-corrected chi connectivity index (χ3v) is 2.52. The van der Waals surface area contributed by atoms with Gasteiger partial charge in [0, 0.05) is 7.05 Å². The minimum atomic E-state index is -0.410. The molecule has 0 aromatic heterocycles. The smallest absolute Gasteiger partial charge is 0.328 e. The minimum absolute atomic E-state index is 0.357. The number of nitrogens with two attached hydrogens (primary N) is 1. The Hall–Kier alpha value is -2.04. The van der Waals surface area contributed by atoms with Gasteiger partial charge in [0.05, 0.1) is 5.69 Å². The molecule has 0 saturated carbocycles. The van der Waals surface area contributed by atoms with Gasteiger partial charge in [0.25, 0.3) is 0 Å². The number of carbonyl (C=O) groups excluding carboxylic acids is 1. The molecule has 0 spiro atoms. The predicted molar refractivity (Wildman–Crippen MR) is 69.5 cm³/mol. The Balaban J connectivity index is 3.08. The van der Waals surface area contributed by atoms with Crippen LogP contribution >= 0.6 is 0 Å². The maximum Gasteiger partial charge on any atom is 0.328 e. The summed E-state index contributed by atoms with van der Waals surface area (Å²) in [7, 11) is 1.66. The van der Waals surface area contributed by atoms with Gasteiger partial charge < -0.3 is 5.73 Å². The van der Waals surface area contributed by atoms with E-state index in [1.807, 2.05) is 32.9 Å². The molecule has 0 radical (unpaired) electrons. The topological polar surface area (TPSA) is 82.2 Å². The first-order valence-corrected chi connectivity index (χ1v) is 5.29. The molecule has 92 valence electrons. The molecule has 0 aliphatic rings. The van der Waals surface area contributed by atoms with Crippen molar-refractivity contribution in [2.75, 3.05) is 11.9 Å². The average Bonchev–Trinajstić information content (AvgIpc) is 2.14. The van der Waals surface area contributed by atoms with E-state index in [-0.39, 0.29) is 5.96 Å². The summed E-state index contributed by atoms with van der Waals surface area (Å²) < 4.78 is 0. The van der Waals surface area contributed by atoms with Crippen LogP contribution in [-0.4, -0.2) is 19.0 Å². The Morgan fingerprint density at radius 2 is 1.76 bits per heavy atom. The first-order valence-electron chi connectivity index (χ1n) is 5.29. The summed E-state index contributed by atoms with van der Waals surface area (Å²) >= 11 is 0. The fourth-order valence-electron chi connectivity index (χ4n) is 2.00. The molecule has 5 nitrogen and oxygen atoms in total. The molecule has 2 amide bonds. The van der Waals surface area contributed by atoms with Crippen LogP contribution in [0.4, 0.5) is 10.5 Å². The number of hydrogen-bond donors (Lipinski definition) is 3. The summed E-state index contributed by atoms with van der Waals surface area (Å²) in [6.07, 6.45) is 0. The lowest BCUT2D eigenvalue weighted by molar-refractivity contribution is 0.251. The molecule has 4 N–H and O–H groups in total. The zero-order valence-corrected chi connectivity index (χ0v) is 10.6. The third-order valence-electron chi connectivity index (χ3n) is 2.52. The van der Waals surface area contributed by atoms with Gasteiger partial charge in [-0.15, -0.1) is 0 Å². The van der Waals surface area contributed by atoms with Crippen molar-refractivity contribution in [3.63, 3.8) is 0 Å². The fourth-order valence-corrected chi connectivity index (χ4v) is 2.00. The molecule has 0 unspecified atom stereocenters. The first kappa shape index (κ1) is 13.0. The summed E-state index contributed by atoms with van der Waals surface area (Å²) in [6.45, 7) is 5.92. The highest BCUT2D eigenvalue weighted by Gasteiger charge is 2.15. The molecule has 0 fully saturated rings. The molecule has 1 aromatic carbocycles. The highest BCUT2D eigenvalue weighted by atomic mass is 16.2. The summed E-state index contributed by atoms with van der Waals surface area (Å²) in [5.74, 6) is -0.357. The maximum atomic E-state index is 11.7. The van der Waals surface area contributed by atoms with Crippen LogP contribution in [-0.2, 0) is 0 Å². The molecular weight excluding hydrogens is 216 g/mol. The highest BCUT2D eigenvalue weighted by molar-refractivity contribution is 6.02. The van der Waals surface area contributed by atoms with E-state index in [4.69, 9.17) is 11.1 Å². The lowest BCUT2D eigenvalue weighted by atomic mass is 10.0. The lowest BCUT2D eigenvalue weighted by Gasteiger charge is -2.22. The third kappa shape index (κ3) is 2.96. The SMILES string of the molecule is Cc1cc(C)c(N(C)C(=O)NC(=N)N)c(C)c1. The zero-order chi connectivity index (χ0) is 13.2. The van der Waals surface area contributed by atoms with Crippen LogP contribution in [0.25, 0.3) is 0 Å². The molecule has 0 heterocycles. The van der Waals surface area contributed by atoms with Crippen molar-refractivity contribution in [2.24, 2.45) is 5.73 Å². The molecule has 1 aromatic rings. The molecule has 0 bridgehead atoms. The van der Waals surface area contributed by atoms with Crippen molar-refractivity contribution in [3.05, 3.63) is 28.8 Å². The Morgan fingerprint density at radius 1 is 1.29 bits per heavy atom. The quantitative estimate of drug-likeness (QED) is 0.510. The lowest BCUT2D eigenvalue weighted by Crippen LogP contribution is -2.44. The minimum Gasteiger partial charge on any atom is -0.370 e. The predicted octanol–water partition coefficient (Wildman–Crippen LogP) is 1.65. The standard InChI is InChI=1S/C12H18N4O/c1-7-5-8(2)10(9(3)6-7)16(4)12(17)15-11(13)14/h5-6H,1-4H3,(H4,13,14,15,17). The van der Waals surface area contributed by atoms with Gasteiger partial charge in [-0.1, -0.05) is 17.7 Å². The van der Waals surface area contributed by atoms with Crippen LogP contribution in [0.3, 0.4) is 0 Å². The Labute approximate surface area is 101 Å². The molecule has 0 saturated heterocycles. The van der Waals surface area contributed by atoms with Crippen LogP contribution < -0.4 is 16.0 Å². The molecule has 1 rings (SSSR count). The number of nitrogens with one attached hydrogen (secondary N) is 2. The van der Waals surface area contributed by atoms with E-state index < -0.39 is 6.03 Å². The molecule has 0 aliphatic carbocycles. The largest absolute Gasteiger partial charge is 0.370 e. The Bertz CT molecular complexity index is 445. The van der Waals surface area contributed by atoms with Gasteiger partial charge in [0.2, 0.25) is 0 Å². The van der Waals surface area contributed by atoms with E-state index in [9.17, 15) is 4.79 Å². The normalized spacial score (nSPS) is 9.88. The number of hydrogen-bond acceptors (Lipinski definition) is 2. The molecule has 0 aliphatic heterocycles. The van der Waals surface area contributed by atoms with Crippen molar-refractivity contribution in [3.8, 4) is 0 Å². The van der Waals surface area contributed by atoms with Crippen LogP contribution in [0.2, 0.25) is 0 Å². The van der Waals surface area contributed by atoms with E-state index in [0.717, 1.165) is 22.4 Å². The summed E-state index contributed by atoms with van der Waals surface area (Å²) in [6, 6.07) is 3.62. The van der Waals surface area contributed by atoms with E-state index in [0.29, 0.717) is 0 Å². The zero-order valence-electron chi connectivity index (χ0n) is 10.6. The van der Waals surface area contributed by atoms with E-state index in [2.05, 4.69) is 5.32 Å². The van der Waals surface area contributed by atoms with Crippen LogP contribution in [0, 0.1) is 26.2 Å². The van der Waals surface area contributed by atoms with Gasteiger partial charge in [-0.05, 0) is 31.9 Å². The number of urea groups is 1. The second-order valence-electron chi connectivity index (χ2n) is 4.15. The summed E-state index contributed by atoms with van der Waals surface area (Å²) in [5, 5.41) is 9.30. The van der Waals surface area contributed by atoms with Gasteiger partial charge in [-0.25, -0.2) is 4.79 Å². The maximum absolute atomic E-state index is 11.7. The number of amides is 2. The van der Waals surface area contributed by atoms with Crippen molar-refractivity contribution in [2.45, 2.75) is 20.8 Å². The molecule has 5 heteroatoms. The van der Waals surface area contributed by atoms with Gasteiger partial charge >= 0.3 is 6.03 Å². The number of carbonyl (C=O) groups is 1. The van der Waals surface area contributed by atoms with Crippen molar-refractivity contribution >= 4 is 17.7 Å². The average molecular weight is 234 g/mol. The molecular formula is C12H18N4O. The number of guanidine groups is 1. The molecule has 0 atom stereocenters. The van der Waals surface area contributed by atoms with Crippen molar-refractivity contribution in [1.82, 2.24) is 5.32 Å². The number of benzene rings is 1. The van der Waals surface area contributed by atoms with Gasteiger partial charge in [-0.2, -0.15) is 0 Å². The van der Waals surface area contributed by atoms with Crippen LogP contribution in [0.15, 0.2) is 12.1 Å². The second-order valence-corrected chi connectivity index (χ2v) is 4.15. The number of aryl methyl sites for hydroxylation is 3. The number of anilines is 1. The molecule has 17 heavy (non-hydrogen) atoms. The van der Waals surface area contributed by atoms with Crippen LogP contribution in [0.5, 0.6) is 0 Å². The Kier molecular flexibility index (Phi) is 3.73. The number of nitrogens with zero attached hydrogens (tertiary/aromatic N) is 1. The van der Waals surface area contributed by atoms with Crippen LogP contribution in [0.1, 0.15) is 16.7 Å². The summed E-state index contributed by atoms with van der Waals surface area (Å²) in [4.78, 5) is 13.2. The van der Waals surface area contributed by atoms with E-state index in [1.54, 1.807) is 7.05 Å². The monoisotopic (exact) mass is 234 g/mol. The van der Waals surface area contributed by atoms with Gasteiger partial charge in [-0.3, -0.25) is 15.6 Å². The van der Waals surface area contributed by atoms with Crippen molar-refractivity contribution in [1.29, 1.82) is 5.41 Å². The first-order chi connectivity index (χ1) is 7.82. The fraction of sp³-hybridized carbons (Fsp3) is 0.333. The van der Waals surface area contributed by atoms with Gasteiger partial charge in [0.1, 0.15) is 0 Å². The van der Waals surface area contributed by atoms with Crippen molar-refractivity contribution < 1.29 is 4.79 Å². The van der Waals surface area contributed by atoms with E-state index in [1.165, 1.54) is 4.90 Å². The highest BCUT2D eigenvalue weighted by Crippen LogP contribution is 2.25. The summed E-state index contributed by atoms with van der Waals surface area (Å²) in [5.41, 5.74) is 9.17. The number of rotatable bonds is 1.